The van der Waals surface area contributed by atoms with Gasteiger partial charge in [0, 0.05) is 29.0 Å². The van der Waals surface area contributed by atoms with Crippen LogP contribution in [0.3, 0.4) is 0 Å². The summed E-state index contributed by atoms with van der Waals surface area (Å²) in [4.78, 5) is 18.2. The monoisotopic (exact) mass is 427 g/mol. The second kappa shape index (κ2) is 7.08. The SMILES string of the molecule is Cc1nnc(CC(=O)c2n[nH]c3ccc4nc(-c5cn[nH]c5C)c5c(c4c23)CCCC5)o1. The van der Waals surface area contributed by atoms with Crippen molar-refractivity contribution in [3.63, 3.8) is 0 Å². The highest BCUT2D eigenvalue weighted by molar-refractivity contribution is 6.17. The summed E-state index contributed by atoms with van der Waals surface area (Å²) in [7, 11) is 0. The predicted octanol–water partition coefficient (Wildman–Crippen LogP) is 3.81. The molecule has 4 heterocycles. The molecule has 9 nitrogen and oxygen atoms in total. The van der Waals surface area contributed by atoms with Crippen molar-refractivity contribution in [2.45, 2.75) is 46.0 Å². The van der Waals surface area contributed by atoms with E-state index in [2.05, 4.69) is 30.6 Å². The Kier molecular flexibility index (Phi) is 4.17. The Bertz CT molecular complexity index is 1510. The molecule has 0 amide bonds. The van der Waals surface area contributed by atoms with Gasteiger partial charge in [-0.1, -0.05) is 0 Å². The lowest BCUT2D eigenvalue weighted by atomic mass is 9.85. The average Bonchev–Trinajstić information content (AvgIpc) is 3.52. The highest BCUT2D eigenvalue weighted by Gasteiger charge is 2.25. The summed E-state index contributed by atoms with van der Waals surface area (Å²) >= 11 is 0. The first-order chi connectivity index (χ1) is 15.6. The second-order valence-electron chi connectivity index (χ2n) is 8.30. The number of H-pyrrole nitrogens is 2. The summed E-state index contributed by atoms with van der Waals surface area (Å²) in [5.41, 5.74) is 7.58. The van der Waals surface area contributed by atoms with Crippen LogP contribution in [0.5, 0.6) is 0 Å². The molecule has 5 aromatic rings. The number of carbonyl (C=O) groups is 1. The van der Waals surface area contributed by atoms with E-state index in [0.717, 1.165) is 64.4 Å². The lowest BCUT2D eigenvalue weighted by Crippen LogP contribution is -2.09. The summed E-state index contributed by atoms with van der Waals surface area (Å²) < 4.78 is 5.41. The van der Waals surface area contributed by atoms with Gasteiger partial charge in [0.15, 0.2) is 5.78 Å². The average molecular weight is 427 g/mol. The van der Waals surface area contributed by atoms with Crippen molar-refractivity contribution >= 4 is 27.6 Å². The quantitative estimate of drug-likeness (QED) is 0.418. The number of rotatable bonds is 4. The van der Waals surface area contributed by atoms with Crippen molar-refractivity contribution in [2.24, 2.45) is 0 Å². The molecule has 0 fully saturated rings. The molecule has 1 aliphatic carbocycles. The Morgan fingerprint density at radius 1 is 1.06 bits per heavy atom. The van der Waals surface area contributed by atoms with E-state index < -0.39 is 0 Å². The molecule has 0 radical (unpaired) electrons. The number of hydrogen-bond donors (Lipinski definition) is 2. The number of aromatic nitrogens is 7. The van der Waals surface area contributed by atoms with Gasteiger partial charge in [-0.25, -0.2) is 4.98 Å². The molecular weight excluding hydrogens is 406 g/mol. The molecule has 0 atom stereocenters. The number of Topliss-reactive ketones (excluding diaryl/α,β-unsaturated/α-hetero) is 1. The van der Waals surface area contributed by atoms with Crippen LogP contribution in [0.1, 0.15) is 51.9 Å². The zero-order chi connectivity index (χ0) is 21.8. The minimum atomic E-state index is -0.160. The Morgan fingerprint density at radius 2 is 1.91 bits per heavy atom. The van der Waals surface area contributed by atoms with Crippen molar-refractivity contribution in [3.05, 3.63) is 52.6 Å². The first-order valence-corrected chi connectivity index (χ1v) is 10.7. The van der Waals surface area contributed by atoms with Crippen molar-refractivity contribution in [2.75, 3.05) is 0 Å². The number of nitrogens with zero attached hydrogens (tertiary/aromatic N) is 5. The summed E-state index contributed by atoms with van der Waals surface area (Å²) in [6.45, 7) is 3.72. The third-order valence-electron chi connectivity index (χ3n) is 6.22. The van der Waals surface area contributed by atoms with Gasteiger partial charge >= 0.3 is 0 Å². The number of nitrogens with one attached hydrogen (secondary N) is 2. The van der Waals surface area contributed by atoms with Gasteiger partial charge in [0.05, 0.1) is 29.3 Å². The van der Waals surface area contributed by atoms with Crippen LogP contribution in [0, 0.1) is 13.8 Å². The van der Waals surface area contributed by atoms with Crippen LogP contribution in [-0.4, -0.2) is 41.4 Å². The van der Waals surface area contributed by atoms with Crippen molar-refractivity contribution in [1.82, 2.24) is 35.6 Å². The second-order valence-corrected chi connectivity index (χ2v) is 8.30. The lowest BCUT2D eigenvalue weighted by molar-refractivity contribution is 0.0982. The van der Waals surface area contributed by atoms with Crippen LogP contribution in [0.25, 0.3) is 33.1 Å². The van der Waals surface area contributed by atoms with Gasteiger partial charge in [-0.05, 0) is 55.9 Å². The number of fused-ring (bicyclic) bond motifs is 5. The number of carbonyl (C=O) groups excluding carboxylic acids is 1. The third-order valence-corrected chi connectivity index (χ3v) is 6.22. The van der Waals surface area contributed by atoms with Gasteiger partial charge in [-0.2, -0.15) is 10.2 Å². The van der Waals surface area contributed by atoms with Crippen LogP contribution < -0.4 is 0 Å². The van der Waals surface area contributed by atoms with E-state index in [1.165, 1.54) is 11.1 Å². The molecule has 0 saturated carbocycles. The van der Waals surface area contributed by atoms with Crippen molar-refractivity contribution in [1.29, 1.82) is 0 Å². The summed E-state index contributed by atoms with van der Waals surface area (Å²) in [5, 5.41) is 24.3. The summed E-state index contributed by atoms with van der Waals surface area (Å²) in [6.07, 6.45) is 5.98. The Morgan fingerprint density at radius 3 is 2.66 bits per heavy atom. The molecule has 0 spiro atoms. The van der Waals surface area contributed by atoms with Crippen LogP contribution in [-0.2, 0) is 19.3 Å². The molecule has 2 N–H and O–H groups in total. The van der Waals surface area contributed by atoms with Gasteiger partial charge in [-0.3, -0.25) is 15.0 Å². The molecule has 0 saturated heterocycles. The lowest BCUT2D eigenvalue weighted by Gasteiger charge is -2.21. The smallest absolute Gasteiger partial charge is 0.224 e. The highest BCUT2D eigenvalue weighted by atomic mass is 16.4. The summed E-state index contributed by atoms with van der Waals surface area (Å²) in [6, 6.07) is 3.94. The van der Waals surface area contributed by atoms with Gasteiger partial charge in [0.2, 0.25) is 11.8 Å². The molecular formula is C23H21N7O2. The normalized spacial score (nSPS) is 13.7. The van der Waals surface area contributed by atoms with Crippen molar-refractivity contribution < 1.29 is 9.21 Å². The van der Waals surface area contributed by atoms with Crippen molar-refractivity contribution in [3.8, 4) is 11.3 Å². The number of aryl methyl sites for hydroxylation is 3. The van der Waals surface area contributed by atoms with E-state index >= 15 is 0 Å². The maximum absolute atomic E-state index is 13.2. The number of pyridine rings is 1. The molecule has 160 valence electrons. The molecule has 1 aromatic carbocycles. The van der Waals surface area contributed by atoms with E-state index in [1.54, 1.807) is 6.92 Å². The topological polar surface area (TPSA) is 126 Å². The molecule has 1 aliphatic rings. The van der Waals surface area contributed by atoms with Crippen LogP contribution in [0.15, 0.2) is 22.7 Å². The number of aromatic amines is 2. The first-order valence-electron chi connectivity index (χ1n) is 10.7. The molecule has 0 aliphatic heterocycles. The van der Waals surface area contributed by atoms with Gasteiger partial charge in [0.1, 0.15) is 5.69 Å². The van der Waals surface area contributed by atoms with E-state index in [-0.39, 0.29) is 12.2 Å². The third kappa shape index (κ3) is 2.84. The van der Waals surface area contributed by atoms with E-state index in [1.807, 2.05) is 25.3 Å². The number of ketones is 1. The summed E-state index contributed by atoms with van der Waals surface area (Å²) in [5.74, 6) is 0.568. The molecule has 6 rings (SSSR count). The molecule has 0 bridgehead atoms. The fourth-order valence-corrected chi connectivity index (χ4v) is 4.78. The van der Waals surface area contributed by atoms with Crippen LogP contribution >= 0.6 is 0 Å². The largest absolute Gasteiger partial charge is 0.425 e. The van der Waals surface area contributed by atoms with E-state index in [9.17, 15) is 4.79 Å². The predicted molar refractivity (Wildman–Crippen MR) is 117 cm³/mol. The van der Waals surface area contributed by atoms with Gasteiger partial charge in [-0.15, -0.1) is 10.2 Å². The first kappa shape index (κ1) is 18.9. The zero-order valence-electron chi connectivity index (χ0n) is 17.8. The molecule has 0 unspecified atom stereocenters. The fourth-order valence-electron chi connectivity index (χ4n) is 4.78. The van der Waals surface area contributed by atoms with Gasteiger partial charge < -0.3 is 4.42 Å². The molecule has 9 heteroatoms. The Balaban J connectivity index is 1.59. The standard InChI is InChI=1S/C23H21N7O2/c1-11-15(10-24-26-11)22-14-6-4-3-5-13(14)20-16(25-22)7-8-17-21(20)23(30-28-17)18(31)9-19-29-27-12(2)32-19/h7-8,10H,3-6,9H2,1-2H3,(H,24,26)(H,28,30). The van der Waals surface area contributed by atoms with Crippen LogP contribution in [0.2, 0.25) is 0 Å². The number of benzene rings is 1. The molecule has 32 heavy (non-hydrogen) atoms. The van der Waals surface area contributed by atoms with E-state index in [4.69, 9.17) is 9.40 Å². The maximum atomic E-state index is 13.2. The van der Waals surface area contributed by atoms with Gasteiger partial charge in [0.25, 0.3) is 0 Å². The Hall–Kier alpha value is -3.88. The van der Waals surface area contributed by atoms with Crippen LogP contribution in [0.4, 0.5) is 0 Å². The Labute approximate surface area is 182 Å². The zero-order valence-corrected chi connectivity index (χ0v) is 17.8. The highest BCUT2D eigenvalue weighted by Crippen LogP contribution is 2.39. The minimum absolute atomic E-state index is 0.0130. The number of hydrogen-bond acceptors (Lipinski definition) is 7. The molecule has 4 aromatic heterocycles. The fraction of sp³-hybridized carbons (Fsp3) is 0.304. The minimum Gasteiger partial charge on any atom is -0.425 e. The van der Waals surface area contributed by atoms with E-state index in [0.29, 0.717) is 17.5 Å². The maximum Gasteiger partial charge on any atom is 0.224 e.